The number of nitrogen functional groups attached to an aromatic ring is 1. The zero-order chi connectivity index (χ0) is 11.6. The van der Waals surface area contributed by atoms with Crippen LogP contribution in [0.15, 0.2) is 6.07 Å². The highest BCUT2D eigenvalue weighted by Gasteiger charge is 2.40. The molecule has 0 unspecified atom stereocenters. The van der Waals surface area contributed by atoms with E-state index in [-0.39, 0.29) is 0 Å². The van der Waals surface area contributed by atoms with Gasteiger partial charge in [-0.1, -0.05) is 13.8 Å². The number of nitrogens with zero attached hydrogens (tertiary/aromatic N) is 2. The molecular weight excluding hydrogens is 200 g/mol. The smallest absolute Gasteiger partial charge is 0.132 e. The second-order valence-corrected chi connectivity index (χ2v) is 4.65. The summed E-state index contributed by atoms with van der Waals surface area (Å²) in [5, 5.41) is 3.38. The third-order valence-corrected chi connectivity index (χ3v) is 3.46. The number of hydrogen-bond donors (Lipinski definition) is 2. The van der Waals surface area contributed by atoms with Crippen LogP contribution in [0.25, 0.3) is 0 Å². The Labute approximate surface area is 96.7 Å². The molecule has 1 heterocycles. The fourth-order valence-corrected chi connectivity index (χ4v) is 1.88. The van der Waals surface area contributed by atoms with Crippen LogP contribution < -0.4 is 11.1 Å². The molecule has 0 amide bonds. The van der Waals surface area contributed by atoms with Gasteiger partial charge in [-0.15, -0.1) is 0 Å². The number of aromatic nitrogens is 2. The average Bonchev–Trinajstić information content (AvgIpc) is 3.06. The highest BCUT2D eigenvalue weighted by Crippen LogP contribution is 2.48. The number of hydrogen-bond acceptors (Lipinski definition) is 4. The number of aryl methyl sites for hydroxylation is 1. The van der Waals surface area contributed by atoms with E-state index in [1.165, 1.54) is 19.3 Å². The van der Waals surface area contributed by atoms with E-state index in [1.54, 1.807) is 0 Å². The summed E-state index contributed by atoms with van der Waals surface area (Å²) in [5.74, 6) is 2.23. The molecule has 0 atom stereocenters. The fraction of sp³-hybridized carbons (Fsp3) is 0.667. The molecule has 1 aliphatic rings. The van der Waals surface area contributed by atoms with Gasteiger partial charge in [-0.25, -0.2) is 9.97 Å². The Morgan fingerprint density at radius 2 is 2.12 bits per heavy atom. The lowest BCUT2D eigenvalue weighted by molar-refractivity contribution is 0.520. The van der Waals surface area contributed by atoms with Crippen LogP contribution >= 0.6 is 0 Å². The Balaban J connectivity index is 2.01. The molecule has 2 rings (SSSR count). The SMILES string of the molecule is CCc1nc(N)cc(NCC2(CC)CC2)n1. The standard InChI is InChI=1S/C12H20N4/c1-3-10-15-9(13)7-11(16-10)14-8-12(4-2)5-6-12/h7H,3-6,8H2,1-2H3,(H3,13,14,15,16). The molecule has 3 N–H and O–H groups in total. The first kappa shape index (κ1) is 11.2. The van der Waals surface area contributed by atoms with E-state index in [0.717, 1.165) is 24.6 Å². The molecule has 1 aromatic heterocycles. The Morgan fingerprint density at radius 1 is 1.38 bits per heavy atom. The van der Waals surface area contributed by atoms with Crippen molar-refractivity contribution >= 4 is 11.6 Å². The highest BCUT2D eigenvalue weighted by molar-refractivity contribution is 5.45. The maximum atomic E-state index is 5.73. The van der Waals surface area contributed by atoms with E-state index in [0.29, 0.717) is 11.2 Å². The molecule has 16 heavy (non-hydrogen) atoms. The molecule has 88 valence electrons. The highest BCUT2D eigenvalue weighted by atomic mass is 15.1. The van der Waals surface area contributed by atoms with Crippen molar-refractivity contribution < 1.29 is 0 Å². The van der Waals surface area contributed by atoms with Gasteiger partial charge in [0.2, 0.25) is 0 Å². The Hall–Kier alpha value is -1.32. The van der Waals surface area contributed by atoms with E-state index in [1.807, 2.05) is 13.0 Å². The summed E-state index contributed by atoms with van der Waals surface area (Å²) in [6, 6.07) is 1.81. The van der Waals surface area contributed by atoms with Crippen molar-refractivity contribution in [2.45, 2.75) is 39.5 Å². The zero-order valence-corrected chi connectivity index (χ0v) is 10.1. The van der Waals surface area contributed by atoms with Gasteiger partial charge in [-0.05, 0) is 24.7 Å². The second kappa shape index (κ2) is 4.28. The van der Waals surface area contributed by atoms with Gasteiger partial charge < -0.3 is 11.1 Å². The minimum Gasteiger partial charge on any atom is -0.384 e. The van der Waals surface area contributed by atoms with Gasteiger partial charge in [0.15, 0.2) is 0 Å². The fourth-order valence-electron chi connectivity index (χ4n) is 1.88. The van der Waals surface area contributed by atoms with E-state index in [4.69, 9.17) is 5.73 Å². The van der Waals surface area contributed by atoms with E-state index in [9.17, 15) is 0 Å². The summed E-state index contributed by atoms with van der Waals surface area (Å²) in [7, 11) is 0. The summed E-state index contributed by atoms with van der Waals surface area (Å²) < 4.78 is 0. The average molecular weight is 220 g/mol. The van der Waals surface area contributed by atoms with Crippen LogP contribution in [-0.2, 0) is 6.42 Å². The third kappa shape index (κ3) is 2.43. The van der Waals surface area contributed by atoms with Crippen LogP contribution in [0, 0.1) is 5.41 Å². The number of anilines is 2. The molecule has 1 saturated carbocycles. The van der Waals surface area contributed by atoms with Crippen LogP contribution in [0.4, 0.5) is 11.6 Å². The van der Waals surface area contributed by atoms with E-state index < -0.39 is 0 Å². The van der Waals surface area contributed by atoms with Crippen molar-refractivity contribution in [2.75, 3.05) is 17.6 Å². The minimum atomic E-state index is 0.520. The van der Waals surface area contributed by atoms with Crippen molar-refractivity contribution in [1.82, 2.24) is 9.97 Å². The largest absolute Gasteiger partial charge is 0.384 e. The molecule has 0 bridgehead atoms. The molecule has 1 fully saturated rings. The Morgan fingerprint density at radius 3 is 2.69 bits per heavy atom. The predicted molar refractivity (Wildman–Crippen MR) is 66.3 cm³/mol. The molecule has 4 heteroatoms. The lowest BCUT2D eigenvalue weighted by Crippen LogP contribution is -2.16. The molecule has 1 aliphatic carbocycles. The topological polar surface area (TPSA) is 63.8 Å². The van der Waals surface area contributed by atoms with Gasteiger partial charge in [0, 0.05) is 19.0 Å². The van der Waals surface area contributed by atoms with E-state index in [2.05, 4.69) is 22.2 Å². The van der Waals surface area contributed by atoms with Crippen molar-refractivity contribution in [2.24, 2.45) is 5.41 Å². The van der Waals surface area contributed by atoms with E-state index >= 15 is 0 Å². The lowest BCUT2D eigenvalue weighted by Gasteiger charge is -2.14. The van der Waals surface area contributed by atoms with Gasteiger partial charge in [0.1, 0.15) is 17.5 Å². The Kier molecular flexibility index (Phi) is 2.99. The van der Waals surface area contributed by atoms with Gasteiger partial charge in [0.25, 0.3) is 0 Å². The molecule has 0 saturated heterocycles. The first-order valence-corrected chi connectivity index (χ1v) is 6.05. The van der Waals surface area contributed by atoms with Crippen molar-refractivity contribution in [3.63, 3.8) is 0 Å². The van der Waals surface area contributed by atoms with Crippen LogP contribution in [0.5, 0.6) is 0 Å². The molecule has 0 aliphatic heterocycles. The summed E-state index contributed by atoms with van der Waals surface area (Å²) >= 11 is 0. The molecule has 0 aromatic carbocycles. The number of nitrogens with one attached hydrogen (secondary N) is 1. The number of rotatable bonds is 5. The predicted octanol–water partition coefficient (Wildman–Crippen LogP) is 2.22. The maximum Gasteiger partial charge on any atom is 0.132 e. The maximum absolute atomic E-state index is 5.73. The molecule has 0 spiro atoms. The second-order valence-electron chi connectivity index (χ2n) is 4.65. The van der Waals surface area contributed by atoms with Gasteiger partial charge in [-0.2, -0.15) is 0 Å². The van der Waals surface area contributed by atoms with Gasteiger partial charge in [0.05, 0.1) is 0 Å². The number of nitrogens with two attached hydrogens (primary N) is 1. The quantitative estimate of drug-likeness (QED) is 0.798. The van der Waals surface area contributed by atoms with Crippen LogP contribution in [0.3, 0.4) is 0 Å². The van der Waals surface area contributed by atoms with Crippen LogP contribution in [0.1, 0.15) is 38.9 Å². The minimum absolute atomic E-state index is 0.520. The Bertz CT molecular complexity index is 371. The van der Waals surface area contributed by atoms with Crippen molar-refractivity contribution in [3.8, 4) is 0 Å². The first-order chi connectivity index (χ1) is 7.67. The lowest BCUT2D eigenvalue weighted by atomic mass is 10.0. The monoisotopic (exact) mass is 220 g/mol. The molecule has 0 radical (unpaired) electrons. The first-order valence-electron chi connectivity index (χ1n) is 6.05. The van der Waals surface area contributed by atoms with Crippen molar-refractivity contribution in [3.05, 3.63) is 11.9 Å². The van der Waals surface area contributed by atoms with Crippen LogP contribution in [-0.4, -0.2) is 16.5 Å². The van der Waals surface area contributed by atoms with Crippen LogP contribution in [0.2, 0.25) is 0 Å². The summed E-state index contributed by atoms with van der Waals surface area (Å²) in [4.78, 5) is 8.57. The summed E-state index contributed by atoms with van der Waals surface area (Å²) in [6.45, 7) is 5.29. The van der Waals surface area contributed by atoms with Crippen molar-refractivity contribution in [1.29, 1.82) is 0 Å². The van der Waals surface area contributed by atoms with Gasteiger partial charge >= 0.3 is 0 Å². The molecule has 1 aromatic rings. The summed E-state index contributed by atoms with van der Waals surface area (Å²) in [6.07, 6.45) is 4.72. The zero-order valence-electron chi connectivity index (χ0n) is 10.1. The normalized spacial score (nSPS) is 17.1. The summed E-state index contributed by atoms with van der Waals surface area (Å²) in [5.41, 5.74) is 6.25. The third-order valence-electron chi connectivity index (χ3n) is 3.46. The molecule has 4 nitrogen and oxygen atoms in total. The van der Waals surface area contributed by atoms with Gasteiger partial charge in [-0.3, -0.25) is 0 Å². The molecular formula is C12H20N4.